The number of likely N-dealkylation sites (tertiary alicyclic amines) is 1. The SMILES string of the molecule is O=C(NCC1CC[C@@H](NCC(=O)N2CCCC2)C1)Nc1ccccc1. The third-order valence-corrected chi connectivity index (χ3v) is 5.12. The monoisotopic (exact) mass is 344 g/mol. The van der Waals surface area contributed by atoms with Crippen LogP contribution < -0.4 is 16.0 Å². The summed E-state index contributed by atoms with van der Waals surface area (Å²) in [6.07, 6.45) is 5.43. The summed E-state index contributed by atoms with van der Waals surface area (Å²) >= 11 is 0. The van der Waals surface area contributed by atoms with Crippen LogP contribution in [-0.2, 0) is 4.79 Å². The molecule has 2 fully saturated rings. The van der Waals surface area contributed by atoms with E-state index in [9.17, 15) is 9.59 Å². The van der Waals surface area contributed by atoms with E-state index in [1.807, 2.05) is 35.2 Å². The molecule has 25 heavy (non-hydrogen) atoms. The van der Waals surface area contributed by atoms with E-state index in [1.165, 1.54) is 0 Å². The summed E-state index contributed by atoms with van der Waals surface area (Å²) < 4.78 is 0. The van der Waals surface area contributed by atoms with Gasteiger partial charge in [-0.2, -0.15) is 0 Å². The number of rotatable bonds is 6. The van der Waals surface area contributed by atoms with Crippen molar-refractivity contribution in [1.29, 1.82) is 0 Å². The maximum atomic E-state index is 12.1. The number of carbonyl (C=O) groups is 2. The van der Waals surface area contributed by atoms with Crippen LogP contribution in [0.5, 0.6) is 0 Å². The lowest BCUT2D eigenvalue weighted by Crippen LogP contribution is -2.40. The van der Waals surface area contributed by atoms with E-state index in [0.717, 1.165) is 50.9 Å². The third kappa shape index (κ3) is 5.46. The molecule has 1 saturated heterocycles. The lowest BCUT2D eigenvalue weighted by atomic mass is 10.1. The largest absolute Gasteiger partial charge is 0.342 e. The molecular formula is C19H28N4O2. The molecule has 1 unspecified atom stereocenters. The predicted molar refractivity (Wildman–Crippen MR) is 98.4 cm³/mol. The summed E-state index contributed by atoms with van der Waals surface area (Å²) in [5.74, 6) is 0.697. The van der Waals surface area contributed by atoms with E-state index >= 15 is 0 Å². The number of nitrogens with zero attached hydrogens (tertiary/aromatic N) is 1. The first-order valence-corrected chi connectivity index (χ1v) is 9.32. The highest BCUT2D eigenvalue weighted by molar-refractivity contribution is 5.89. The predicted octanol–water partition coefficient (Wildman–Crippen LogP) is 2.19. The minimum atomic E-state index is -0.160. The van der Waals surface area contributed by atoms with Crippen molar-refractivity contribution in [1.82, 2.24) is 15.5 Å². The molecule has 3 amide bonds. The smallest absolute Gasteiger partial charge is 0.319 e. The zero-order chi connectivity index (χ0) is 17.5. The fourth-order valence-electron chi connectivity index (χ4n) is 3.69. The molecule has 0 spiro atoms. The fraction of sp³-hybridized carbons (Fsp3) is 0.579. The third-order valence-electron chi connectivity index (χ3n) is 5.12. The molecule has 0 radical (unpaired) electrons. The van der Waals surface area contributed by atoms with Gasteiger partial charge in [0.15, 0.2) is 0 Å². The molecule has 1 aromatic carbocycles. The van der Waals surface area contributed by atoms with Crippen molar-refractivity contribution >= 4 is 17.6 Å². The highest BCUT2D eigenvalue weighted by Gasteiger charge is 2.26. The quantitative estimate of drug-likeness (QED) is 0.741. The maximum Gasteiger partial charge on any atom is 0.319 e. The number of benzene rings is 1. The normalized spacial score (nSPS) is 22.8. The first-order valence-electron chi connectivity index (χ1n) is 9.32. The Morgan fingerprint density at radius 3 is 2.60 bits per heavy atom. The molecule has 0 bridgehead atoms. The molecule has 3 N–H and O–H groups in total. The van der Waals surface area contributed by atoms with Gasteiger partial charge < -0.3 is 20.9 Å². The zero-order valence-corrected chi connectivity index (χ0v) is 14.7. The van der Waals surface area contributed by atoms with Crippen molar-refractivity contribution in [2.75, 3.05) is 31.5 Å². The minimum absolute atomic E-state index is 0.160. The standard InChI is InChI=1S/C19H28N4O2/c24-18(23-10-4-5-11-23)14-20-17-9-8-15(12-17)13-21-19(25)22-16-6-2-1-3-7-16/h1-3,6-7,15,17,20H,4-5,8-14H2,(H2,21,22,25)/t15?,17-/m1/s1. The van der Waals surface area contributed by atoms with Crippen molar-refractivity contribution in [2.45, 2.75) is 38.1 Å². The first kappa shape index (κ1) is 17.7. The molecule has 2 atom stereocenters. The first-order chi connectivity index (χ1) is 12.2. The van der Waals surface area contributed by atoms with Gasteiger partial charge in [0.2, 0.25) is 5.91 Å². The number of anilines is 1. The Morgan fingerprint density at radius 1 is 1.08 bits per heavy atom. The van der Waals surface area contributed by atoms with Crippen molar-refractivity contribution < 1.29 is 9.59 Å². The summed E-state index contributed by atoms with van der Waals surface area (Å²) in [6.45, 7) is 2.94. The second kappa shape index (κ2) is 8.85. The average molecular weight is 344 g/mol. The van der Waals surface area contributed by atoms with E-state index < -0.39 is 0 Å². The second-order valence-electron chi connectivity index (χ2n) is 7.05. The van der Waals surface area contributed by atoms with Gasteiger partial charge in [-0.05, 0) is 50.2 Å². The van der Waals surface area contributed by atoms with Crippen LogP contribution in [0.3, 0.4) is 0 Å². The number of carbonyl (C=O) groups excluding carboxylic acids is 2. The van der Waals surface area contributed by atoms with Crippen LogP contribution in [0.15, 0.2) is 30.3 Å². The second-order valence-corrected chi connectivity index (χ2v) is 7.05. The number of hydrogen-bond donors (Lipinski definition) is 3. The van der Waals surface area contributed by atoms with Gasteiger partial charge in [-0.1, -0.05) is 18.2 Å². The van der Waals surface area contributed by atoms with Gasteiger partial charge >= 0.3 is 6.03 Å². The number of para-hydroxylation sites is 1. The fourth-order valence-corrected chi connectivity index (χ4v) is 3.69. The molecule has 1 aromatic rings. The van der Waals surface area contributed by atoms with Gasteiger partial charge in [0, 0.05) is 31.4 Å². The number of amides is 3. The lowest BCUT2D eigenvalue weighted by molar-refractivity contribution is -0.129. The van der Waals surface area contributed by atoms with Gasteiger partial charge in [-0.15, -0.1) is 0 Å². The van der Waals surface area contributed by atoms with E-state index in [4.69, 9.17) is 0 Å². The van der Waals surface area contributed by atoms with Gasteiger partial charge in [0.1, 0.15) is 0 Å². The molecule has 6 nitrogen and oxygen atoms in total. The summed E-state index contributed by atoms with van der Waals surface area (Å²) in [7, 11) is 0. The summed E-state index contributed by atoms with van der Waals surface area (Å²) in [5, 5.41) is 9.18. The van der Waals surface area contributed by atoms with Crippen LogP contribution in [-0.4, -0.2) is 49.1 Å². The number of hydrogen-bond acceptors (Lipinski definition) is 3. The van der Waals surface area contributed by atoms with Crippen molar-refractivity contribution in [3.8, 4) is 0 Å². The van der Waals surface area contributed by atoms with E-state index in [1.54, 1.807) is 0 Å². The number of nitrogens with one attached hydrogen (secondary N) is 3. The molecule has 136 valence electrons. The van der Waals surface area contributed by atoms with Crippen molar-refractivity contribution in [2.24, 2.45) is 5.92 Å². The number of urea groups is 1. The highest BCUT2D eigenvalue weighted by atomic mass is 16.2. The van der Waals surface area contributed by atoms with Gasteiger partial charge in [0.05, 0.1) is 6.54 Å². The Balaban J connectivity index is 1.31. The summed E-state index contributed by atoms with van der Waals surface area (Å²) in [6, 6.07) is 9.67. The Kier molecular flexibility index (Phi) is 6.28. The molecular weight excluding hydrogens is 316 g/mol. The average Bonchev–Trinajstić information content (AvgIpc) is 3.31. The summed E-state index contributed by atoms with van der Waals surface area (Å²) in [4.78, 5) is 25.9. The Hall–Kier alpha value is -2.08. The van der Waals surface area contributed by atoms with E-state index in [2.05, 4.69) is 16.0 Å². The molecule has 1 saturated carbocycles. The topological polar surface area (TPSA) is 73.5 Å². The molecule has 2 aliphatic rings. The highest BCUT2D eigenvalue weighted by Crippen LogP contribution is 2.25. The van der Waals surface area contributed by atoms with E-state index in [-0.39, 0.29) is 11.9 Å². The van der Waals surface area contributed by atoms with Crippen LogP contribution in [0, 0.1) is 5.92 Å². The van der Waals surface area contributed by atoms with Gasteiger partial charge in [-0.3, -0.25) is 4.79 Å². The van der Waals surface area contributed by atoms with Crippen molar-refractivity contribution in [3.63, 3.8) is 0 Å². The molecule has 1 aliphatic carbocycles. The van der Waals surface area contributed by atoms with Crippen LogP contribution in [0.25, 0.3) is 0 Å². The molecule has 0 aromatic heterocycles. The molecule has 6 heteroatoms. The summed E-state index contributed by atoms with van der Waals surface area (Å²) in [5.41, 5.74) is 0.798. The Labute approximate surface area is 149 Å². The molecule has 3 rings (SSSR count). The van der Waals surface area contributed by atoms with Gasteiger partial charge in [-0.25, -0.2) is 4.79 Å². The minimum Gasteiger partial charge on any atom is -0.342 e. The zero-order valence-electron chi connectivity index (χ0n) is 14.7. The Bertz CT molecular complexity index is 572. The van der Waals surface area contributed by atoms with Crippen LogP contribution in [0.4, 0.5) is 10.5 Å². The molecule has 1 heterocycles. The Morgan fingerprint density at radius 2 is 1.84 bits per heavy atom. The van der Waals surface area contributed by atoms with Crippen LogP contribution >= 0.6 is 0 Å². The van der Waals surface area contributed by atoms with E-state index in [0.29, 0.717) is 25.0 Å². The van der Waals surface area contributed by atoms with Crippen LogP contribution in [0.1, 0.15) is 32.1 Å². The lowest BCUT2D eigenvalue weighted by Gasteiger charge is -2.18. The molecule has 1 aliphatic heterocycles. The maximum absolute atomic E-state index is 12.1. The van der Waals surface area contributed by atoms with Crippen LogP contribution in [0.2, 0.25) is 0 Å². The van der Waals surface area contributed by atoms with Crippen molar-refractivity contribution in [3.05, 3.63) is 30.3 Å². The van der Waals surface area contributed by atoms with Gasteiger partial charge in [0.25, 0.3) is 0 Å².